The molecule has 0 aromatic heterocycles. The van der Waals surface area contributed by atoms with Crippen molar-refractivity contribution >= 4 is 29.1 Å². The first-order valence-corrected chi connectivity index (χ1v) is 13.9. The van der Waals surface area contributed by atoms with Crippen LogP contribution in [0.25, 0.3) is 0 Å². The van der Waals surface area contributed by atoms with Crippen LogP contribution in [0.5, 0.6) is 5.75 Å². The third-order valence-corrected chi connectivity index (χ3v) is 8.33. The van der Waals surface area contributed by atoms with Crippen molar-refractivity contribution in [3.05, 3.63) is 58.6 Å². The fraction of sp³-hybridized carbons (Fsp3) is 0.533. The molecule has 2 aliphatic rings. The van der Waals surface area contributed by atoms with Crippen molar-refractivity contribution in [2.24, 2.45) is 11.8 Å². The molecule has 1 N–H and O–H groups in total. The molecule has 9 heteroatoms. The largest absolute Gasteiger partial charge is 0.497 e. The van der Waals surface area contributed by atoms with Crippen LogP contribution >= 0.6 is 11.6 Å². The molecule has 4 rings (SSSR count). The Labute approximate surface area is 234 Å². The molecule has 1 saturated heterocycles. The van der Waals surface area contributed by atoms with E-state index in [2.05, 4.69) is 10.2 Å². The van der Waals surface area contributed by atoms with Gasteiger partial charge < -0.3 is 19.9 Å². The van der Waals surface area contributed by atoms with Crippen LogP contribution < -0.4 is 15.0 Å². The van der Waals surface area contributed by atoms with Gasteiger partial charge in [-0.15, -0.1) is 0 Å². The number of halogens is 3. The van der Waals surface area contributed by atoms with E-state index in [-0.39, 0.29) is 17.5 Å². The first-order chi connectivity index (χ1) is 18.5. The van der Waals surface area contributed by atoms with Gasteiger partial charge in [0, 0.05) is 45.8 Å². The van der Waals surface area contributed by atoms with Gasteiger partial charge in [-0.2, -0.15) is 0 Å². The maximum atomic E-state index is 14.5. The topological polar surface area (TPSA) is 61.9 Å². The normalized spacial score (nSPS) is 20.6. The van der Waals surface area contributed by atoms with Crippen LogP contribution in [0.3, 0.4) is 0 Å². The first kappa shape index (κ1) is 29.1. The lowest BCUT2D eigenvalue weighted by molar-refractivity contribution is -0.132. The molecule has 0 spiro atoms. The third-order valence-electron chi connectivity index (χ3n) is 8.01. The highest BCUT2D eigenvalue weighted by Gasteiger charge is 2.43. The van der Waals surface area contributed by atoms with Crippen molar-refractivity contribution in [3.8, 4) is 5.75 Å². The smallest absolute Gasteiger partial charge is 0.260 e. The zero-order chi connectivity index (χ0) is 28.3. The van der Waals surface area contributed by atoms with Crippen LogP contribution in [0.4, 0.5) is 14.5 Å². The molecule has 2 fully saturated rings. The molecule has 39 heavy (non-hydrogen) atoms. The SMILES string of the molecule is COc1cccc(C(C(=O)NC2CC(CC3CCN(c4ccc(C(=O)N(C)C)c(Cl)c4)CC3)C2)C(C)(F)F)c1. The van der Waals surface area contributed by atoms with Crippen molar-refractivity contribution in [2.45, 2.75) is 56.9 Å². The lowest BCUT2D eigenvalue weighted by Crippen LogP contribution is -2.49. The number of ether oxygens (including phenoxy) is 1. The van der Waals surface area contributed by atoms with Crippen molar-refractivity contribution in [2.75, 3.05) is 39.2 Å². The Hall–Kier alpha value is -2.87. The summed E-state index contributed by atoms with van der Waals surface area (Å²) < 4.78 is 34.1. The Bertz CT molecular complexity index is 1170. The number of rotatable bonds is 9. The summed E-state index contributed by atoms with van der Waals surface area (Å²) in [6.07, 6.45) is 4.85. The first-order valence-electron chi connectivity index (χ1n) is 13.5. The van der Waals surface area contributed by atoms with Crippen molar-refractivity contribution in [1.82, 2.24) is 10.2 Å². The Morgan fingerprint density at radius 1 is 1.13 bits per heavy atom. The fourth-order valence-electron chi connectivity index (χ4n) is 5.84. The number of alkyl halides is 2. The van der Waals surface area contributed by atoms with E-state index in [0.29, 0.717) is 28.2 Å². The summed E-state index contributed by atoms with van der Waals surface area (Å²) in [7, 11) is 4.88. The van der Waals surface area contributed by atoms with Crippen molar-refractivity contribution in [1.29, 1.82) is 0 Å². The minimum absolute atomic E-state index is 0.0661. The summed E-state index contributed by atoms with van der Waals surface area (Å²) in [5.41, 5.74) is 1.78. The van der Waals surface area contributed by atoms with E-state index < -0.39 is 17.7 Å². The molecule has 0 radical (unpaired) electrons. The molecule has 6 nitrogen and oxygen atoms in total. The third kappa shape index (κ3) is 7.02. The van der Waals surface area contributed by atoms with Gasteiger partial charge in [0.15, 0.2) is 0 Å². The van der Waals surface area contributed by atoms with Crippen LogP contribution in [-0.4, -0.2) is 63.0 Å². The standard InChI is InChI=1S/C30H38ClF2N3O3/c1-30(32,33)27(21-6-5-7-24(17-21)39-4)28(37)34-22-15-20(16-22)14-19-10-12-36(13-11-19)23-8-9-25(26(31)18-23)29(38)35(2)3/h5-9,17-20,22,27H,10-16H2,1-4H3,(H,34,37). The number of piperidine rings is 1. The Morgan fingerprint density at radius 2 is 1.82 bits per heavy atom. The van der Waals surface area contributed by atoms with E-state index in [0.717, 1.165) is 57.8 Å². The Balaban J connectivity index is 1.24. The van der Waals surface area contributed by atoms with Gasteiger partial charge in [-0.1, -0.05) is 23.7 Å². The number of carbonyl (C=O) groups excluding carboxylic acids is 2. The second-order valence-electron chi connectivity index (χ2n) is 11.2. The zero-order valence-corrected chi connectivity index (χ0v) is 23.8. The number of methoxy groups -OCH3 is 1. The number of nitrogens with zero attached hydrogens (tertiary/aromatic N) is 2. The van der Waals surface area contributed by atoms with E-state index in [1.807, 2.05) is 12.1 Å². The number of hydrogen-bond donors (Lipinski definition) is 1. The number of nitrogens with one attached hydrogen (secondary N) is 1. The van der Waals surface area contributed by atoms with Gasteiger partial charge in [-0.3, -0.25) is 9.59 Å². The summed E-state index contributed by atoms with van der Waals surface area (Å²) in [6.45, 7) is 2.63. The zero-order valence-electron chi connectivity index (χ0n) is 23.1. The summed E-state index contributed by atoms with van der Waals surface area (Å²) >= 11 is 6.40. The molecule has 2 aromatic rings. The Morgan fingerprint density at radius 3 is 2.41 bits per heavy atom. The average Bonchev–Trinajstić information content (AvgIpc) is 2.86. The average molecular weight is 562 g/mol. The number of amides is 2. The maximum absolute atomic E-state index is 14.5. The second kappa shape index (κ2) is 12.1. The van der Waals surface area contributed by atoms with Crippen LogP contribution in [0.15, 0.2) is 42.5 Å². The van der Waals surface area contributed by atoms with Crippen molar-refractivity contribution < 1.29 is 23.1 Å². The highest BCUT2D eigenvalue weighted by atomic mass is 35.5. The molecule has 2 aromatic carbocycles. The second-order valence-corrected chi connectivity index (χ2v) is 11.6. The number of hydrogen-bond acceptors (Lipinski definition) is 4. The molecule has 1 unspecified atom stereocenters. The van der Waals surface area contributed by atoms with Crippen LogP contribution in [0, 0.1) is 11.8 Å². The molecule has 1 saturated carbocycles. The molecule has 1 atom stereocenters. The molecule has 1 aliphatic carbocycles. The van der Waals surface area contributed by atoms with Gasteiger partial charge in [0.25, 0.3) is 11.8 Å². The molecule has 0 bridgehead atoms. The minimum Gasteiger partial charge on any atom is -0.497 e. The van der Waals surface area contributed by atoms with E-state index in [1.165, 1.54) is 18.1 Å². The van der Waals surface area contributed by atoms with E-state index in [4.69, 9.17) is 16.3 Å². The van der Waals surface area contributed by atoms with Gasteiger partial charge in [0.05, 0.1) is 17.7 Å². The summed E-state index contributed by atoms with van der Waals surface area (Å²) in [6, 6.07) is 11.9. The van der Waals surface area contributed by atoms with Crippen molar-refractivity contribution in [3.63, 3.8) is 0 Å². The van der Waals surface area contributed by atoms with E-state index in [9.17, 15) is 18.4 Å². The molecule has 1 heterocycles. The van der Waals surface area contributed by atoms with E-state index in [1.54, 1.807) is 38.4 Å². The van der Waals surface area contributed by atoms with E-state index >= 15 is 0 Å². The number of anilines is 1. The monoisotopic (exact) mass is 561 g/mol. The van der Waals surface area contributed by atoms with Gasteiger partial charge in [-0.25, -0.2) is 8.78 Å². The minimum atomic E-state index is -3.19. The molecule has 212 valence electrons. The highest BCUT2D eigenvalue weighted by molar-refractivity contribution is 6.34. The quantitative estimate of drug-likeness (QED) is 0.408. The number of carbonyl (C=O) groups is 2. The lowest BCUT2D eigenvalue weighted by Gasteiger charge is -2.41. The fourth-order valence-corrected chi connectivity index (χ4v) is 6.09. The highest BCUT2D eigenvalue weighted by Crippen LogP contribution is 2.39. The van der Waals surface area contributed by atoms with Crippen LogP contribution in [0.1, 0.15) is 60.9 Å². The predicted molar refractivity (Wildman–Crippen MR) is 150 cm³/mol. The summed E-state index contributed by atoms with van der Waals surface area (Å²) in [5.74, 6) is -3.96. The van der Waals surface area contributed by atoms with Gasteiger partial charge in [-0.05, 0) is 79.8 Å². The van der Waals surface area contributed by atoms with Crippen LogP contribution in [0.2, 0.25) is 5.02 Å². The maximum Gasteiger partial charge on any atom is 0.260 e. The predicted octanol–water partition coefficient (Wildman–Crippen LogP) is 5.99. The van der Waals surface area contributed by atoms with Crippen LogP contribution in [-0.2, 0) is 4.79 Å². The Kier molecular flexibility index (Phi) is 9.04. The molecular formula is C30H38ClF2N3O3. The molecule has 1 aliphatic heterocycles. The van der Waals surface area contributed by atoms with Gasteiger partial charge in [0.1, 0.15) is 11.7 Å². The van der Waals surface area contributed by atoms with Gasteiger partial charge in [0.2, 0.25) is 5.91 Å². The summed E-state index contributed by atoms with van der Waals surface area (Å²) in [5, 5.41) is 3.34. The molecular weight excluding hydrogens is 524 g/mol. The lowest BCUT2D eigenvalue weighted by atomic mass is 9.73. The number of benzene rings is 2. The van der Waals surface area contributed by atoms with Gasteiger partial charge >= 0.3 is 0 Å². The molecule has 2 amide bonds. The summed E-state index contributed by atoms with van der Waals surface area (Å²) in [4.78, 5) is 29.0.